The van der Waals surface area contributed by atoms with Crippen molar-refractivity contribution in [2.24, 2.45) is 5.92 Å². The molecule has 7 heteroatoms. The summed E-state index contributed by atoms with van der Waals surface area (Å²) < 4.78 is 0. The highest BCUT2D eigenvalue weighted by Crippen LogP contribution is 2.46. The van der Waals surface area contributed by atoms with Gasteiger partial charge in [-0.25, -0.2) is 4.79 Å². The van der Waals surface area contributed by atoms with Crippen LogP contribution in [0, 0.1) is 5.92 Å². The molecule has 0 bridgehead atoms. The Morgan fingerprint density at radius 3 is 2.67 bits per heavy atom. The SMILES string of the molecule is CNC(=O)c1cccc(C2=C(C(=O)O)N3C(=O)C([C@@H](C)O)C3C2)c1. The lowest BCUT2D eigenvalue weighted by Gasteiger charge is -2.44. The van der Waals surface area contributed by atoms with Crippen molar-refractivity contribution in [3.8, 4) is 0 Å². The van der Waals surface area contributed by atoms with Gasteiger partial charge < -0.3 is 20.4 Å². The van der Waals surface area contributed by atoms with Crippen molar-refractivity contribution < 1.29 is 24.6 Å². The van der Waals surface area contributed by atoms with E-state index in [1.807, 2.05) is 0 Å². The Balaban J connectivity index is 2.03. The summed E-state index contributed by atoms with van der Waals surface area (Å²) in [4.78, 5) is 36.9. The minimum atomic E-state index is -1.18. The second-order valence-corrected chi connectivity index (χ2v) is 6.04. The zero-order valence-corrected chi connectivity index (χ0v) is 13.3. The van der Waals surface area contributed by atoms with Crippen LogP contribution in [0.4, 0.5) is 0 Å². The van der Waals surface area contributed by atoms with E-state index in [0.717, 1.165) is 0 Å². The zero-order valence-electron chi connectivity index (χ0n) is 13.3. The van der Waals surface area contributed by atoms with Crippen LogP contribution in [0.15, 0.2) is 30.0 Å². The fourth-order valence-corrected chi connectivity index (χ4v) is 3.52. The van der Waals surface area contributed by atoms with E-state index in [4.69, 9.17) is 0 Å². The van der Waals surface area contributed by atoms with Gasteiger partial charge in [0.15, 0.2) is 0 Å². The average molecular weight is 330 g/mol. The first-order valence-corrected chi connectivity index (χ1v) is 7.67. The van der Waals surface area contributed by atoms with Crippen LogP contribution in [0.2, 0.25) is 0 Å². The first kappa shape index (κ1) is 16.2. The third kappa shape index (κ3) is 2.28. The van der Waals surface area contributed by atoms with Crippen molar-refractivity contribution in [3.63, 3.8) is 0 Å². The Bertz CT molecular complexity index is 768. The number of carboxylic acids is 1. The van der Waals surface area contributed by atoms with Crippen molar-refractivity contribution in [1.82, 2.24) is 10.2 Å². The molecule has 24 heavy (non-hydrogen) atoms. The van der Waals surface area contributed by atoms with Crippen molar-refractivity contribution >= 4 is 23.4 Å². The maximum Gasteiger partial charge on any atom is 0.352 e. The van der Waals surface area contributed by atoms with Crippen LogP contribution in [0.25, 0.3) is 5.57 Å². The molecule has 7 nitrogen and oxygen atoms in total. The molecular weight excluding hydrogens is 312 g/mol. The van der Waals surface area contributed by atoms with Gasteiger partial charge in [0.25, 0.3) is 5.91 Å². The summed E-state index contributed by atoms with van der Waals surface area (Å²) in [6.45, 7) is 1.53. The number of aliphatic carboxylic acids is 1. The van der Waals surface area contributed by atoms with Gasteiger partial charge in [0.05, 0.1) is 18.1 Å². The summed E-state index contributed by atoms with van der Waals surface area (Å²) in [5, 5.41) is 21.8. The molecule has 0 radical (unpaired) electrons. The Kier molecular flexibility index (Phi) is 3.88. The van der Waals surface area contributed by atoms with E-state index in [0.29, 0.717) is 23.1 Å². The number of carbonyl (C=O) groups is 3. The Hall–Kier alpha value is -2.67. The molecule has 2 aliphatic heterocycles. The van der Waals surface area contributed by atoms with E-state index in [2.05, 4.69) is 5.32 Å². The lowest BCUT2D eigenvalue weighted by atomic mass is 9.82. The van der Waals surface area contributed by atoms with Gasteiger partial charge in [-0.15, -0.1) is 0 Å². The summed E-state index contributed by atoms with van der Waals surface area (Å²) in [6, 6.07) is 6.30. The minimum absolute atomic E-state index is 0.0593. The minimum Gasteiger partial charge on any atom is -0.477 e. The normalized spacial score (nSPS) is 23.6. The summed E-state index contributed by atoms with van der Waals surface area (Å²) in [6.07, 6.45) is -0.481. The van der Waals surface area contributed by atoms with E-state index < -0.39 is 18.0 Å². The molecule has 2 amide bonds. The van der Waals surface area contributed by atoms with Crippen LogP contribution in [0.5, 0.6) is 0 Å². The van der Waals surface area contributed by atoms with E-state index in [1.54, 1.807) is 24.3 Å². The number of hydrogen-bond donors (Lipinski definition) is 3. The molecule has 1 aromatic carbocycles. The highest BCUT2D eigenvalue weighted by molar-refractivity contribution is 6.06. The highest BCUT2D eigenvalue weighted by Gasteiger charge is 2.56. The molecule has 2 unspecified atom stereocenters. The van der Waals surface area contributed by atoms with E-state index in [9.17, 15) is 24.6 Å². The number of hydrogen-bond acceptors (Lipinski definition) is 4. The Morgan fingerprint density at radius 2 is 2.08 bits per heavy atom. The maximum atomic E-state index is 12.2. The molecule has 0 aromatic heterocycles. The molecule has 1 saturated heterocycles. The summed E-state index contributed by atoms with van der Waals surface area (Å²) in [5.74, 6) is -2.41. The first-order valence-electron chi connectivity index (χ1n) is 7.67. The summed E-state index contributed by atoms with van der Waals surface area (Å²) in [7, 11) is 1.52. The van der Waals surface area contributed by atoms with Crippen molar-refractivity contribution in [3.05, 3.63) is 41.1 Å². The molecule has 3 rings (SSSR count). The second kappa shape index (κ2) is 5.76. The summed E-state index contributed by atoms with van der Waals surface area (Å²) >= 11 is 0. The molecule has 2 aliphatic rings. The quantitative estimate of drug-likeness (QED) is 0.695. The van der Waals surface area contributed by atoms with Gasteiger partial charge >= 0.3 is 5.97 Å². The molecule has 1 fully saturated rings. The number of β-lactam (4-membered cyclic amide) rings is 1. The van der Waals surface area contributed by atoms with Gasteiger partial charge in [0.1, 0.15) is 5.70 Å². The molecule has 1 aromatic rings. The van der Waals surface area contributed by atoms with Crippen molar-refractivity contribution in [2.75, 3.05) is 7.05 Å². The molecule has 0 aliphatic carbocycles. The lowest BCUT2D eigenvalue weighted by Crippen LogP contribution is -2.61. The number of fused-ring (bicyclic) bond motifs is 1. The average Bonchev–Trinajstić information content (AvgIpc) is 2.89. The van der Waals surface area contributed by atoms with Crippen LogP contribution in [-0.2, 0) is 9.59 Å². The molecular formula is C17H18N2O5. The number of rotatable bonds is 4. The standard InChI is InChI=1S/C17H18N2O5/c1-8(20)13-12-7-11(14(17(23)24)19(12)16(13)22)9-4-3-5-10(6-9)15(21)18-2/h3-6,8,12-13,20H,7H2,1-2H3,(H,18,21)(H,23,24)/t8-,12?,13?/m1/s1. The zero-order chi connectivity index (χ0) is 17.6. The van der Waals surface area contributed by atoms with E-state index in [-0.39, 0.29) is 23.6 Å². The number of amides is 2. The monoisotopic (exact) mass is 330 g/mol. The number of aliphatic hydroxyl groups excluding tert-OH is 1. The van der Waals surface area contributed by atoms with Crippen LogP contribution in [-0.4, -0.2) is 52.1 Å². The lowest BCUT2D eigenvalue weighted by molar-refractivity contribution is -0.161. The van der Waals surface area contributed by atoms with E-state index in [1.165, 1.54) is 18.9 Å². The van der Waals surface area contributed by atoms with Crippen LogP contribution >= 0.6 is 0 Å². The Morgan fingerprint density at radius 1 is 1.38 bits per heavy atom. The number of aliphatic hydroxyl groups is 1. The fraction of sp³-hybridized carbons (Fsp3) is 0.353. The molecule has 126 valence electrons. The van der Waals surface area contributed by atoms with Gasteiger partial charge in [-0.2, -0.15) is 0 Å². The summed E-state index contributed by atoms with van der Waals surface area (Å²) in [5.41, 5.74) is 1.46. The first-order chi connectivity index (χ1) is 11.4. The largest absolute Gasteiger partial charge is 0.477 e. The number of carboxylic acid groups (broad SMARTS) is 1. The topological polar surface area (TPSA) is 107 Å². The number of nitrogens with zero attached hydrogens (tertiary/aromatic N) is 1. The third-order valence-electron chi connectivity index (χ3n) is 4.63. The van der Waals surface area contributed by atoms with Gasteiger partial charge in [-0.1, -0.05) is 12.1 Å². The van der Waals surface area contributed by atoms with Gasteiger partial charge in [-0.3, -0.25) is 9.59 Å². The van der Waals surface area contributed by atoms with Crippen molar-refractivity contribution in [2.45, 2.75) is 25.5 Å². The van der Waals surface area contributed by atoms with Crippen LogP contribution < -0.4 is 5.32 Å². The fourth-order valence-electron chi connectivity index (χ4n) is 3.52. The van der Waals surface area contributed by atoms with Crippen LogP contribution in [0.1, 0.15) is 29.3 Å². The second-order valence-electron chi connectivity index (χ2n) is 6.04. The van der Waals surface area contributed by atoms with E-state index >= 15 is 0 Å². The Labute approximate surface area is 138 Å². The molecule has 0 saturated carbocycles. The maximum absolute atomic E-state index is 12.2. The molecule has 2 heterocycles. The molecule has 3 atom stereocenters. The van der Waals surface area contributed by atoms with Crippen molar-refractivity contribution in [1.29, 1.82) is 0 Å². The smallest absolute Gasteiger partial charge is 0.352 e. The highest BCUT2D eigenvalue weighted by atomic mass is 16.4. The van der Waals surface area contributed by atoms with Gasteiger partial charge in [-0.05, 0) is 36.6 Å². The number of benzene rings is 1. The van der Waals surface area contributed by atoms with Crippen LogP contribution in [0.3, 0.4) is 0 Å². The van der Waals surface area contributed by atoms with Gasteiger partial charge in [0.2, 0.25) is 5.91 Å². The predicted octanol–water partition coefficient (Wildman–Crippen LogP) is 0.453. The third-order valence-corrected chi connectivity index (χ3v) is 4.63. The number of carbonyl (C=O) groups excluding carboxylic acids is 2. The molecule has 0 spiro atoms. The molecule has 3 N–H and O–H groups in total. The number of nitrogens with one attached hydrogen (secondary N) is 1. The predicted molar refractivity (Wildman–Crippen MR) is 84.8 cm³/mol. The van der Waals surface area contributed by atoms with Gasteiger partial charge in [0, 0.05) is 12.6 Å².